The van der Waals surface area contributed by atoms with E-state index in [-0.39, 0.29) is 5.97 Å². The van der Waals surface area contributed by atoms with Gasteiger partial charge in [0.1, 0.15) is 0 Å². The quantitative estimate of drug-likeness (QED) is 0.613. The van der Waals surface area contributed by atoms with Crippen LogP contribution in [0.3, 0.4) is 0 Å². The normalized spacial score (nSPS) is 14.6. The number of hydrogen-bond donors (Lipinski definition) is 0. The van der Waals surface area contributed by atoms with Gasteiger partial charge in [0.2, 0.25) is 0 Å². The second kappa shape index (κ2) is 6.27. The Balaban J connectivity index is 2.03. The number of rotatable bonds is 4. The van der Waals surface area contributed by atoms with Crippen molar-refractivity contribution in [2.75, 3.05) is 43.1 Å². The zero-order chi connectivity index (χ0) is 13.7. The van der Waals surface area contributed by atoms with Gasteiger partial charge in [-0.1, -0.05) is 18.2 Å². The minimum Gasteiger partial charge on any atom is -0.463 e. The van der Waals surface area contributed by atoms with E-state index in [1.54, 1.807) is 0 Å². The fraction of sp³-hybridized carbons (Fsp3) is 0.400. The molecule has 1 aliphatic heterocycles. The van der Waals surface area contributed by atoms with Crippen molar-refractivity contribution in [2.45, 2.75) is 6.92 Å². The highest BCUT2D eigenvalue weighted by molar-refractivity contribution is 5.82. The van der Waals surface area contributed by atoms with Gasteiger partial charge >= 0.3 is 5.97 Å². The predicted molar refractivity (Wildman–Crippen MR) is 77.7 cm³/mol. The van der Waals surface area contributed by atoms with Crippen molar-refractivity contribution >= 4 is 17.3 Å². The Kier molecular flexibility index (Phi) is 4.44. The SMILES string of the molecule is CCOC(=O)/C=C/CN1CCN(C)c2ccccc21. The molecule has 0 spiro atoms. The number of nitrogens with zero attached hydrogens (tertiary/aromatic N) is 2. The zero-order valence-electron chi connectivity index (χ0n) is 11.5. The molecule has 1 aromatic rings. The third-order valence-electron chi connectivity index (χ3n) is 3.21. The molecule has 0 saturated carbocycles. The lowest BCUT2D eigenvalue weighted by Crippen LogP contribution is -2.39. The summed E-state index contributed by atoms with van der Waals surface area (Å²) in [5.74, 6) is -0.273. The van der Waals surface area contributed by atoms with Crippen molar-refractivity contribution in [2.24, 2.45) is 0 Å². The van der Waals surface area contributed by atoms with Crippen LogP contribution in [-0.4, -0.2) is 39.3 Å². The molecule has 2 rings (SSSR count). The van der Waals surface area contributed by atoms with Gasteiger partial charge in [-0.05, 0) is 19.1 Å². The van der Waals surface area contributed by atoms with E-state index in [0.29, 0.717) is 6.61 Å². The number of benzene rings is 1. The number of fused-ring (bicyclic) bond motifs is 1. The first-order chi connectivity index (χ1) is 9.22. The van der Waals surface area contributed by atoms with Crippen LogP contribution in [0.15, 0.2) is 36.4 Å². The van der Waals surface area contributed by atoms with Gasteiger partial charge in [-0.25, -0.2) is 4.79 Å². The molecular weight excluding hydrogens is 240 g/mol. The summed E-state index contributed by atoms with van der Waals surface area (Å²) in [6, 6.07) is 8.33. The maximum Gasteiger partial charge on any atom is 0.330 e. The van der Waals surface area contributed by atoms with Crippen LogP contribution in [-0.2, 0) is 9.53 Å². The lowest BCUT2D eigenvalue weighted by atomic mass is 10.2. The van der Waals surface area contributed by atoms with Gasteiger partial charge in [0.15, 0.2) is 0 Å². The van der Waals surface area contributed by atoms with E-state index in [1.807, 2.05) is 25.1 Å². The maximum absolute atomic E-state index is 11.2. The molecule has 1 aromatic carbocycles. The van der Waals surface area contributed by atoms with Crippen molar-refractivity contribution in [3.05, 3.63) is 36.4 Å². The molecule has 4 heteroatoms. The van der Waals surface area contributed by atoms with Gasteiger partial charge in [-0.15, -0.1) is 0 Å². The molecule has 0 atom stereocenters. The number of carbonyl (C=O) groups excluding carboxylic acids is 1. The highest BCUT2D eigenvalue weighted by Crippen LogP contribution is 2.31. The summed E-state index contributed by atoms with van der Waals surface area (Å²) in [6.45, 7) is 4.90. The molecule has 1 aliphatic rings. The largest absolute Gasteiger partial charge is 0.463 e. The third-order valence-corrected chi connectivity index (χ3v) is 3.21. The van der Waals surface area contributed by atoms with Crippen molar-refractivity contribution in [3.63, 3.8) is 0 Å². The number of para-hydroxylation sites is 2. The monoisotopic (exact) mass is 260 g/mol. The van der Waals surface area contributed by atoms with E-state index >= 15 is 0 Å². The predicted octanol–water partition coefficient (Wildman–Crippen LogP) is 2.06. The summed E-state index contributed by atoms with van der Waals surface area (Å²) in [4.78, 5) is 15.8. The number of anilines is 2. The smallest absolute Gasteiger partial charge is 0.330 e. The van der Waals surface area contributed by atoms with Gasteiger partial charge in [-0.3, -0.25) is 0 Å². The van der Waals surface area contributed by atoms with E-state index in [2.05, 4.69) is 29.0 Å². The van der Waals surface area contributed by atoms with Crippen molar-refractivity contribution in [1.82, 2.24) is 0 Å². The molecule has 0 fully saturated rings. The van der Waals surface area contributed by atoms with Crippen LogP contribution >= 0.6 is 0 Å². The van der Waals surface area contributed by atoms with Crippen LogP contribution in [0.5, 0.6) is 0 Å². The Morgan fingerprint density at radius 2 is 2.05 bits per heavy atom. The summed E-state index contributed by atoms with van der Waals surface area (Å²) >= 11 is 0. The van der Waals surface area contributed by atoms with E-state index in [1.165, 1.54) is 17.5 Å². The molecule has 0 radical (unpaired) electrons. The van der Waals surface area contributed by atoms with Crippen LogP contribution in [0.1, 0.15) is 6.92 Å². The number of esters is 1. The Hall–Kier alpha value is -1.97. The Morgan fingerprint density at radius 1 is 1.32 bits per heavy atom. The topological polar surface area (TPSA) is 32.8 Å². The van der Waals surface area contributed by atoms with Crippen molar-refractivity contribution < 1.29 is 9.53 Å². The van der Waals surface area contributed by atoms with Crippen LogP contribution in [0, 0.1) is 0 Å². The maximum atomic E-state index is 11.2. The molecule has 102 valence electrons. The first kappa shape index (κ1) is 13.5. The molecule has 0 aromatic heterocycles. The van der Waals surface area contributed by atoms with E-state index in [4.69, 9.17) is 4.74 Å². The minimum atomic E-state index is -0.273. The fourth-order valence-corrected chi connectivity index (χ4v) is 2.22. The first-order valence-electron chi connectivity index (χ1n) is 6.60. The van der Waals surface area contributed by atoms with E-state index < -0.39 is 0 Å². The zero-order valence-corrected chi connectivity index (χ0v) is 11.5. The van der Waals surface area contributed by atoms with Gasteiger partial charge in [0.05, 0.1) is 18.0 Å². The van der Waals surface area contributed by atoms with E-state index in [0.717, 1.165) is 19.6 Å². The highest BCUT2D eigenvalue weighted by atomic mass is 16.5. The van der Waals surface area contributed by atoms with Crippen LogP contribution in [0.25, 0.3) is 0 Å². The van der Waals surface area contributed by atoms with Gasteiger partial charge < -0.3 is 14.5 Å². The molecule has 4 nitrogen and oxygen atoms in total. The van der Waals surface area contributed by atoms with Crippen LogP contribution in [0.4, 0.5) is 11.4 Å². The van der Waals surface area contributed by atoms with Gasteiger partial charge in [0.25, 0.3) is 0 Å². The molecule has 0 amide bonds. The number of hydrogen-bond acceptors (Lipinski definition) is 4. The van der Waals surface area contributed by atoms with Gasteiger partial charge in [0, 0.05) is 32.8 Å². The van der Waals surface area contributed by atoms with Gasteiger partial charge in [-0.2, -0.15) is 0 Å². The molecule has 0 unspecified atom stereocenters. The van der Waals surface area contributed by atoms with Crippen LogP contribution in [0.2, 0.25) is 0 Å². The standard InChI is InChI=1S/C15H20N2O2/c1-3-19-15(18)9-6-10-17-12-11-16(2)13-7-4-5-8-14(13)17/h4-9H,3,10-12H2,1-2H3/b9-6+. The lowest BCUT2D eigenvalue weighted by molar-refractivity contribution is -0.137. The van der Waals surface area contributed by atoms with Crippen molar-refractivity contribution in [3.8, 4) is 0 Å². The molecule has 0 aliphatic carbocycles. The fourth-order valence-electron chi connectivity index (χ4n) is 2.22. The van der Waals surface area contributed by atoms with E-state index in [9.17, 15) is 4.79 Å². The molecule has 19 heavy (non-hydrogen) atoms. The lowest BCUT2D eigenvalue weighted by Gasteiger charge is -2.36. The molecular formula is C15H20N2O2. The average Bonchev–Trinajstić information content (AvgIpc) is 2.42. The minimum absolute atomic E-state index is 0.273. The summed E-state index contributed by atoms with van der Waals surface area (Å²) < 4.78 is 4.87. The second-order valence-electron chi connectivity index (χ2n) is 4.51. The number of ether oxygens (including phenoxy) is 1. The summed E-state index contributed by atoms with van der Waals surface area (Å²) in [7, 11) is 2.10. The first-order valence-corrected chi connectivity index (χ1v) is 6.60. The Bertz CT molecular complexity index is 471. The van der Waals surface area contributed by atoms with Crippen molar-refractivity contribution in [1.29, 1.82) is 0 Å². The number of likely N-dealkylation sites (N-methyl/N-ethyl adjacent to an activating group) is 1. The average molecular weight is 260 g/mol. The molecule has 0 saturated heterocycles. The summed E-state index contributed by atoms with van der Waals surface area (Å²) in [5, 5.41) is 0. The number of carbonyl (C=O) groups is 1. The highest BCUT2D eigenvalue weighted by Gasteiger charge is 2.18. The molecule has 1 heterocycles. The molecule has 0 N–H and O–H groups in total. The van der Waals surface area contributed by atoms with Crippen LogP contribution < -0.4 is 9.80 Å². The molecule has 0 bridgehead atoms. The summed E-state index contributed by atoms with van der Waals surface area (Å²) in [6.07, 6.45) is 3.37. The summed E-state index contributed by atoms with van der Waals surface area (Å²) in [5.41, 5.74) is 2.45. The Morgan fingerprint density at radius 3 is 2.79 bits per heavy atom. The Labute approximate surface area is 114 Å². The second-order valence-corrected chi connectivity index (χ2v) is 4.51. The third kappa shape index (κ3) is 3.28.